The van der Waals surface area contributed by atoms with E-state index in [9.17, 15) is 0 Å². The number of hydrogen-bond acceptors (Lipinski definition) is 5. The van der Waals surface area contributed by atoms with Crippen LogP contribution in [0.5, 0.6) is 5.75 Å². The minimum Gasteiger partial charge on any atom is -0.494 e. The van der Waals surface area contributed by atoms with E-state index < -0.39 is 0 Å². The molecule has 6 nitrogen and oxygen atoms in total. The average molecular weight is 370 g/mol. The molecule has 0 amide bonds. The van der Waals surface area contributed by atoms with E-state index in [0.29, 0.717) is 16.4 Å². The van der Waals surface area contributed by atoms with Gasteiger partial charge in [0.05, 0.1) is 19.1 Å². The molecule has 0 unspecified atom stereocenters. The smallest absolute Gasteiger partial charge is 0.219 e. The Balaban J connectivity index is 1.63. The number of rotatable bonds is 9. The highest BCUT2D eigenvalue weighted by molar-refractivity contribution is 7.71. The van der Waals surface area contributed by atoms with E-state index in [1.807, 2.05) is 30.3 Å². The third-order valence-electron chi connectivity index (χ3n) is 3.86. The Bertz CT molecular complexity index is 879. The second-order valence-corrected chi connectivity index (χ2v) is 6.25. The molecule has 0 saturated carbocycles. The maximum absolute atomic E-state index is 5.75. The van der Waals surface area contributed by atoms with Crippen LogP contribution in [0, 0.1) is 4.77 Å². The summed E-state index contributed by atoms with van der Waals surface area (Å²) in [5, 5.41) is 11.3. The second-order valence-electron chi connectivity index (χ2n) is 5.86. The van der Waals surface area contributed by atoms with Crippen LogP contribution in [0.2, 0.25) is 0 Å². The van der Waals surface area contributed by atoms with Crippen LogP contribution in [0.4, 0.5) is 0 Å². The lowest BCUT2D eigenvalue weighted by atomic mass is 10.2. The molecule has 0 radical (unpaired) electrons. The van der Waals surface area contributed by atoms with E-state index in [1.54, 1.807) is 18.5 Å². The Labute approximate surface area is 157 Å². The predicted molar refractivity (Wildman–Crippen MR) is 104 cm³/mol. The molecule has 1 aromatic carbocycles. The van der Waals surface area contributed by atoms with Gasteiger partial charge in [0.25, 0.3) is 0 Å². The van der Waals surface area contributed by atoms with Gasteiger partial charge in [-0.05, 0) is 60.6 Å². The molecule has 1 N–H and O–H groups in total. The van der Waals surface area contributed by atoms with Crippen molar-refractivity contribution in [1.82, 2.24) is 14.9 Å². The number of ether oxygens (including phenoxy) is 1. The van der Waals surface area contributed by atoms with Gasteiger partial charge in [0.1, 0.15) is 5.75 Å². The number of unbranched alkanes of at least 4 members (excludes halogenated alkanes) is 3. The first-order valence-corrected chi connectivity index (χ1v) is 9.17. The van der Waals surface area contributed by atoms with Crippen molar-refractivity contribution < 1.29 is 9.15 Å². The van der Waals surface area contributed by atoms with Crippen molar-refractivity contribution in [3.8, 4) is 17.3 Å². The number of benzene rings is 1. The third kappa shape index (κ3) is 4.70. The standard InChI is InChI=1S/C19H22N4O2S/c1-2-3-4-5-12-24-16-10-8-15(9-11-16)14-20-23-18(21-22-19(23)26)17-7-6-13-25-17/h6-11,13-14H,2-5,12H2,1H3,(H,22,26)/b20-14-. The fourth-order valence-electron chi connectivity index (χ4n) is 2.46. The highest BCUT2D eigenvalue weighted by Gasteiger charge is 2.10. The summed E-state index contributed by atoms with van der Waals surface area (Å²) in [7, 11) is 0. The van der Waals surface area contributed by atoms with Gasteiger partial charge in [-0.3, -0.25) is 0 Å². The average Bonchev–Trinajstić information content (AvgIpc) is 3.30. The number of aromatic amines is 1. The van der Waals surface area contributed by atoms with Crippen molar-refractivity contribution in [3.05, 3.63) is 53.0 Å². The van der Waals surface area contributed by atoms with Crippen LogP contribution >= 0.6 is 12.2 Å². The highest BCUT2D eigenvalue weighted by Crippen LogP contribution is 2.17. The molecule has 0 aliphatic rings. The van der Waals surface area contributed by atoms with Gasteiger partial charge in [-0.25, -0.2) is 5.10 Å². The Hall–Kier alpha value is -2.67. The normalized spacial score (nSPS) is 11.3. The molecular weight excluding hydrogens is 348 g/mol. The quantitative estimate of drug-likeness (QED) is 0.325. The number of furan rings is 1. The van der Waals surface area contributed by atoms with E-state index >= 15 is 0 Å². The molecule has 2 aromatic heterocycles. The van der Waals surface area contributed by atoms with E-state index in [-0.39, 0.29) is 0 Å². The summed E-state index contributed by atoms with van der Waals surface area (Å²) in [5.41, 5.74) is 0.942. The molecule has 136 valence electrons. The summed E-state index contributed by atoms with van der Waals surface area (Å²) in [5.74, 6) is 2.00. The molecule has 0 aliphatic heterocycles. The van der Waals surface area contributed by atoms with Gasteiger partial charge in [0.2, 0.25) is 10.6 Å². The number of aromatic nitrogens is 3. The van der Waals surface area contributed by atoms with Crippen molar-refractivity contribution in [2.75, 3.05) is 6.61 Å². The molecule has 0 bridgehead atoms. The van der Waals surface area contributed by atoms with Crippen LogP contribution in [0.25, 0.3) is 11.6 Å². The van der Waals surface area contributed by atoms with Crippen LogP contribution in [0.15, 0.2) is 52.2 Å². The van der Waals surface area contributed by atoms with Crippen molar-refractivity contribution in [1.29, 1.82) is 0 Å². The zero-order chi connectivity index (χ0) is 18.2. The van der Waals surface area contributed by atoms with Crippen LogP contribution in [-0.4, -0.2) is 27.7 Å². The molecule has 2 heterocycles. The molecule has 26 heavy (non-hydrogen) atoms. The predicted octanol–water partition coefficient (Wildman–Crippen LogP) is 5.04. The fourth-order valence-corrected chi connectivity index (χ4v) is 2.64. The lowest BCUT2D eigenvalue weighted by Gasteiger charge is -2.06. The minimum atomic E-state index is 0.402. The molecule has 3 rings (SSSR count). The SMILES string of the molecule is CCCCCCOc1ccc(/C=N\n2c(-c3ccco3)n[nH]c2=S)cc1. The Morgan fingerprint density at radius 1 is 1.23 bits per heavy atom. The molecule has 7 heteroatoms. The fraction of sp³-hybridized carbons (Fsp3) is 0.316. The van der Waals surface area contributed by atoms with Crippen LogP contribution in [-0.2, 0) is 0 Å². The number of nitrogens with zero attached hydrogens (tertiary/aromatic N) is 3. The first-order chi connectivity index (χ1) is 12.8. The number of H-pyrrole nitrogens is 1. The minimum absolute atomic E-state index is 0.402. The van der Waals surface area contributed by atoms with Gasteiger partial charge in [0.15, 0.2) is 5.76 Å². The molecule has 0 atom stereocenters. The Morgan fingerprint density at radius 2 is 2.08 bits per heavy atom. The zero-order valence-corrected chi connectivity index (χ0v) is 15.5. The van der Waals surface area contributed by atoms with Gasteiger partial charge < -0.3 is 9.15 Å². The summed E-state index contributed by atoms with van der Waals surface area (Å²) in [6.07, 6.45) is 8.10. The van der Waals surface area contributed by atoms with Gasteiger partial charge in [-0.15, -0.1) is 5.10 Å². The third-order valence-corrected chi connectivity index (χ3v) is 4.13. The van der Waals surface area contributed by atoms with E-state index in [4.69, 9.17) is 21.4 Å². The van der Waals surface area contributed by atoms with Crippen molar-refractivity contribution >= 4 is 18.4 Å². The van der Waals surface area contributed by atoms with Crippen LogP contribution in [0.1, 0.15) is 38.2 Å². The summed E-state index contributed by atoms with van der Waals surface area (Å²) in [6, 6.07) is 11.4. The van der Waals surface area contributed by atoms with Crippen molar-refractivity contribution in [3.63, 3.8) is 0 Å². The van der Waals surface area contributed by atoms with E-state index in [1.165, 1.54) is 23.9 Å². The Kier molecular flexibility index (Phi) is 6.38. The summed E-state index contributed by atoms with van der Waals surface area (Å²) >= 11 is 5.23. The van der Waals surface area contributed by atoms with E-state index in [2.05, 4.69) is 22.2 Å². The molecule has 0 spiro atoms. The zero-order valence-electron chi connectivity index (χ0n) is 14.7. The van der Waals surface area contributed by atoms with Gasteiger partial charge in [-0.2, -0.15) is 9.78 Å². The molecule has 3 aromatic rings. The maximum Gasteiger partial charge on any atom is 0.219 e. The molecule has 0 aliphatic carbocycles. The monoisotopic (exact) mass is 370 g/mol. The largest absolute Gasteiger partial charge is 0.494 e. The van der Waals surface area contributed by atoms with Gasteiger partial charge >= 0.3 is 0 Å². The first kappa shape index (κ1) is 18.1. The number of nitrogens with one attached hydrogen (secondary N) is 1. The molecule has 0 saturated heterocycles. The number of hydrogen-bond donors (Lipinski definition) is 1. The first-order valence-electron chi connectivity index (χ1n) is 8.76. The van der Waals surface area contributed by atoms with Gasteiger partial charge in [0, 0.05) is 0 Å². The summed E-state index contributed by atoms with van der Waals surface area (Å²) in [4.78, 5) is 0. The summed E-state index contributed by atoms with van der Waals surface area (Å²) < 4.78 is 13.1. The summed E-state index contributed by atoms with van der Waals surface area (Å²) in [6.45, 7) is 2.96. The molecule has 0 fully saturated rings. The Morgan fingerprint density at radius 3 is 2.81 bits per heavy atom. The molecular formula is C19H22N4O2S. The van der Waals surface area contributed by atoms with Crippen molar-refractivity contribution in [2.45, 2.75) is 32.6 Å². The van der Waals surface area contributed by atoms with E-state index in [0.717, 1.165) is 24.3 Å². The lowest BCUT2D eigenvalue weighted by Crippen LogP contribution is -1.97. The van der Waals surface area contributed by atoms with Crippen molar-refractivity contribution in [2.24, 2.45) is 5.10 Å². The van der Waals surface area contributed by atoms with Crippen LogP contribution < -0.4 is 4.74 Å². The topological polar surface area (TPSA) is 68.3 Å². The highest BCUT2D eigenvalue weighted by atomic mass is 32.1. The van der Waals surface area contributed by atoms with Gasteiger partial charge in [-0.1, -0.05) is 26.2 Å². The lowest BCUT2D eigenvalue weighted by molar-refractivity contribution is 0.305. The maximum atomic E-state index is 5.75. The second kappa shape index (κ2) is 9.15. The van der Waals surface area contributed by atoms with Crippen LogP contribution in [0.3, 0.4) is 0 Å².